The summed E-state index contributed by atoms with van der Waals surface area (Å²) >= 11 is 0. The highest BCUT2D eigenvalue weighted by Gasteiger charge is 2.37. The molecule has 0 saturated heterocycles. The van der Waals surface area contributed by atoms with Gasteiger partial charge in [-0.25, -0.2) is 4.79 Å². The summed E-state index contributed by atoms with van der Waals surface area (Å²) in [6.45, 7) is 13.3. The van der Waals surface area contributed by atoms with E-state index in [1.54, 1.807) is 40.7 Å². The third-order valence-electron chi connectivity index (χ3n) is 4.93. The molecule has 0 heterocycles. The van der Waals surface area contributed by atoms with E-state index < -0.39 is 29.7 Å². The summed E-state index contributed by atoms with van der Waals surface area (Å²) in [5.74, 6) is -1.19. The third kappa shape index (κ3) is 9.17. The smallest absolute Gasteiger partial charge is 0.408 e. The van der Waals surface area contributed by atoms with Crippen molar-refractivity contribution in [2.45, 2.75) is 85.4 Å². The lowest BCUT2D eigenvalue weighted by atomic mass is 9.98. The molecule has 0 fully saturated rings. The van der Waals surface area contributed by atoms with Crippen molar-refractivity contribution in [3.8, 4) is 12.5 Å². The predicted molar refractivity (Wildman–Crippen MR) is 130 cm³/mol. The van der Waals surface area contributed by atoms with Gasteiger partial charge in [-0.15, -0.1) is 0 Å². The number of hydrogen-bond donors (Lipinski definition) is 2. The lowest BCUT2D eigenvalue weighted by molar-refractivity contribution is -0.139. The minimum atomic E-state index is -1.02. The van der Waals surface area contributed by atoms with Crippen LogP contribution in [0.5, 0.6) is 0 Å². The number of terminal acetylenes is 1. The fourth-order valence-corrected chi connectivity index (χ4v) is 3.30. The second-order valence-corrected chi connectivity index (χ2v) is 9.52. The molecule has 0 radical (unpaired) electrons. The van der Waals surface area contributed by atoms with Gasteiger partial charge < -0.3 is 15.4 Å². The number of ether oxygens (including phenoxy) is 1. The average Bonchev–Trinajstić information content (AvgIpc) is 2.71. The average molecular weight is 458 g/mol. The molecule has 1 rings (SSSR count). The minimum absolute atomic E-state index is 0.286. The largest absolute Gasteiger partial charge is 0.444 e. The molecular formula is C26H39N3O4. The molecule has 0 bridgehead atoms. The fourth-order valence-electron chi connectivity index (χ4n) is 3.30. The van der Waals surface area contributed by atoms with Gasteiger partial charge in [0.15, 0.2) is 0 Å². The molecule has 0 aromatic heterocycles. The standard InChI is InChI=1S/C26H39N3O4/c1-9-11-12-16-27-23(30)22(20-15-13-14-19(5)17-20)29(10-2)24(31)21(18(3)4)28-25(32)33-26(6,7)8/h2,13-15,17-18,21-22H,9,11-12,16H2,1,3-8H3,(H,27,30)(H,28,32). The van der Waals surface area contributed by atoms with Crippen LogP contribution in [0.15, 0.2) is 24.3 Å². The van der Waals surface area contributed by atoms with Gasteiger partial charge in [0, 0.05) is 12.6 Å². The van der Waals surface area contributed by atoms with Gasteiger partial charge >= 0.3 is 6.09 Å². The Labute approximate surface area is 198 Å². The number of amides is 3. The van der Waals surface area contributed by atoms with Gasteiger partial charge in [0.2, 0.25) is 5.91 Å². The Morgan fingerprint density at radius 3 is 2.36 bits per heavy atom. The van der Waals surface area contributed by atoms with Crippen LogP contribution in [0, 0.1) is 25.3 Å². The van der Waals surface area contributed by atoms with Crippen LogP contribution in [0.2, 0.25) is 0 Å². The van der Waals surface area contributed by atoms with E-state index in [0.717, 1.165) is 29.7 Å². The SMILES string of the molecule is C#CN(C(=O)C(NC(=O)OC(C)(C)C)C(C)C)C(C(=O)NCCCCC)c1cccc(C)c1. The Kier molecular flexibility index (Phi) is 10.9. The lowest BCUT2D eigenvalue weighted by Crippen LogP contribution is -2.53. The van der Waals surface area contributed by atoms with Crippen molar-refractivity contribution in [2.75, 3.05) is 6.54 Å². The van der Waals surface area contributed by atoms with Crippen LogP contribution in [-0.4, -0.2) is 41.0 Å². The first kappa shape index (κ1) is 28.0. The molecule has 2 unspecified atom stereocenters. The zero-order chi connectivity index (χ0) is 25.2. The number of carbonyl (C=O) groups is 3. The Bertz CT molecular complexity index is 852. The second kappa shape index (κ2) is 12.9. The number of nitrogens with zero attached hydrogens (tertiary/aromatic N) is 1. The highest BCUT2D eigenvalue weighted by Crippen LogP contribution is 2.24. The molecule has 182 valence electrons. The lowest BCUT2D eigenvalue weighted by Gasteiger charge is -2.32. The zero-order valence-corrected chi connectivity index (χ0v) is 21.0. The Hall–Kier alpha value is -3.01. The molecule has 0 saturated carbocycles. The summed E-state index contributed by atoms with van der Waals surface area (Å²) in [6, 6.07) is 7.73. The van der Waals surface area contributed by atoms with Crippen molar-refractivity contribution < 1.29 is 19.1 Å². The molecule has 2 N–H and O–H groups in total. The fraction of sp³-hybridized carbons (Fsp3) is 0.577. The third-order valence-corrected chi connectivity index (χ3v) is 4.93. The topological polar surface area (TPSA) is 87.7 Å². The van der Waals surface area contributed by atoms with Crippen LogP contribution in [-0.2, 0) is 14.3 Å². The second-order valence-electron chi connectivity index (χ2n) is 9.52. The van der Waals surface area contributed by atoms with Gasteiger partial charge in [-0.1, -0.05) is 69.9 Å². The number of carbonyl (C=O) groups excluding carboxylic acids is 3. The van der Waals surface area contributed by atoms with Crippen LogP contribution in [0.25, 0.3) is 0 Å². The van der Waals surface area contributed by atoms with Gasteiger partial charge in [-0.2, -0.15) is 0 Å². The molecule has 1 aromatic rings. The van der Waals surface area contributed by atoms with Gasteiger partial charge in [0.05, 0.1) is 0 Å². The van der Waals surface area contributed by atoms with E-state index in [2.05, 4.69) is 23.6 Å². The number of unbranched alkanes of at least 4 members (excludes halogenated alkanes) is 2. The minimum Gasteiger partial charge on any atom is -0.444 e. The summed E-state index contributed by atoms with van der Waals surface area (Å²) in [5.41, 5.74) is 0.824. The summed E-state index contributed by atoms with van der Waals surface area (Å²) in [7, 11) is 0. The van der Waals surface area contributed by atoms with Crippen LogP contribution in [0.4, 0.5) is 4.79 Å². The quantitative estimate of drug-likeness (QED) is 0.311. The Morgan fingerprint density at radius 2 is 1.85 bits per heavy atom. The highest BCUT2D eigenvalue weighted by molar-refractivity contribution is 5.93. The number of nitrogens with one attached hydrogen (secondary N) is 2. The molecule has 2 atom stereocenters. The number of hydrogen-bond acceptors (Lipinski definition) is 4. The highest BCUT2D eigenvalue weighted by atomic mass is 16.6. The number of alkyl carbamates (subject to hydrolysis) is 1. The van der Waals surface area contributed by atoms with Crippen molar-refractivity contribution in [2.24, 2.45) is 5.92 Å². The van der Waals surface area contributed by atoms with E-state index >= 15 is 0 Å². The molecule has 7 nitrogen and oxygen atoms in total. The van der Waals surface area contributed by atoms with E-state index in [9.17, 15) is 14.4 Å². The number of aryl methyl sites for hydroxylation is 1. The monoisotopic (exact) mass is 457 g/mol. The van der Waals surface area contributed by atoms with Crippen molar-refractivity contribution in [3.05, 3.63) is 35.4 Å². The summed E-state index contributed by atoms with van der Waals surface area (Å²) in [4.78, 5) is 40.2. The predicted octanol–water partition coefficient (Wildman–Crippen LogP) is 4.31. The number of benzene rings is 1. The van der Waals surface area contributed by atoms with Crippen molar-refractivity contribution in [1.29, 1.82) is 0 Å². The van der Waals surface area contributed by atoms with Crippen LogP contribution in [0.1, 0.15) is 78.0 Å². The van der Waals surface area contributed by atoms with Gasteiger partial charge in [-0.3, -0.25) is 14.5 Å². The van der Waals surface area contributed by atoms with E-state index in [-0.39, 0.29) is 11.8 Å². The molecule has 0 spiro atoms. The van der Waals surface area contributed by atoms with Crippen molar-refractivity contribution in [3.63, 3.8) is 0 Å². The van der Waals surface area contributed by atoms with Crippen LogP contribution >= 0.6 is 0 Å². The first-order chi connectivity index (χ1) is 15.4. The molecule has 0 aliphatic carbocycles. The molecular weight excluding hydrogens is 418 g/mol. The molecule has 1 aromatic carbocycles. The molecule has 7 heteroatoms. The maximum absolute atomic E-state index is 13.5. The van der Waals surface area contributed by atoms with E-state index in [1.807, 2.05) is 25.1 Å². The van der Waals surface area contributed by atoms with Gasteiger partial charge in [-0.05, 0) is 45.6 Å². The molecule has 0 aliphatic heterocycles. The first-order valence-corrected chi connectivity index (χ1v) is 11.5. The summed E-state index contributed by atoms with van der Waals surface area (Å²) < 4.78 is 5.31. The first-order valence-electron chi connectivity index (χ1n) is 11.5. The van der Waals surface area contributed by atoms with Crippen LogP contribution in [0.3, 0.4) is 0 Å². The summed E-state index contributed by atoms with van der Waals surface area (Å²) in [6.07, 6.45) is 7.90. The van der Waals surface area contributed by atoms with Crippen LogP contribution < -0.4 is 10.6 Å². The molecule has 33 heavy (non-hydrogen) atoms. The van der Waals surface area contributed by atoms with E-state index in [1.165, 1.54) is 0 Å². The molecule has 0 aliphatic rings. The normalized spacial score (nSPS) is 12.9. The van der Waals surface area contributed by atoms with E-state index in [4.69, 9.17) is 11.2 Å². The van der Waals surface area contributed by atoms with Crippen molar-refractivity contribution >= 4 is 17.9 Å². The van der Waals surface area contributed by atoms with Gasteiger partial charge in [0.25, 0.3) is 5.91 Å². The number of rotatable bonds is 10. The summed E-state index contributed by atoms with van der Waals surface area (Å²) in [5, 5.41) is 5.53. The zero-order valence-electron chi connectivity index (χ0n) is 21.0. The van der Waals surface area contributed by atoms with Gasteiger partial charge in [0.1, 0.15) is 17.7 Å². The Morgan fingerprint density at radius 1 is 1.18 bits per heavy atom. The maximum Gasteiger partial charge on any atom is 0.408 e. The van der Waals surface area contributed by atoms with Crippen molar-refractivity contribution in [1.82, 2.24) is 15.5 Å². The van der Waals surface area contributed by atoms with E-state index in [0.29, 0.717) is 12.1 Å². The Balaban J connectivity index is 3.26. The molecule has 3 amide bonds. The maximum atomic E-state index is 13.5.